The second kappa shape index (κ2) is 10.1. The summed E-state index contributed by atoms with van der Waals surface area (Å²) < 4.78 is 21.3. The molecule has 7 nitrogen and oxygen atoms in total. The summed E-state index contributed by atoms with van der Waals surface area (Å²) in [5, 5.41) is 0. The quantitative estimate of drug-likeness (QED) is 0.592. The minimum absolute atomic E-state index is 0.207. The lowest BCUT2D eigenvalue weighted by atomic mass is 9.92. The Morgan fingerprint density at radius 1 is 0.933 bits per heavy atom. The van der Waals surface area contributed by atoms with E-state index in [0.29, 0.717) is 46.5 Å². The molecule has 0 N–H and O–H groups in total. The van der Waals surface area contributed by atoms with Gasteiger partial charge in [0.1, 0.15) is 0 Å². The molecule has 0 saturated heterocycles. The Morgan fingerprint density at radius 2 is 1.50 bits per heavy atom. The number of methoxy groups -OCH3 is 3. The molecule has 0 aliphatic carbocycles. The average Bonchev–Trinajstić information content (AvgIpc) is 2.72. The van der Waals surface area contributed by atoms with E-state index in [1.165, 1.54) is 14.2 Å². The van der Waals surface area contributed by atoms with Gasteiger partial charge in [-0.2, -0.15) is 0 Å². The Labute approximate surface area is 177 Å². The number of aromatic nitrogens is 1. The molecule has 0 spiro atoms. The lowest BCUT2D eigenvalue weighted by molar-refractivity contribution is 0.0599. The molecule has 0 aliphatic heterocycles. The number of carbonyl (C=O) groups excluding carboxylic acids is 2. The van der Waals surface area contributed by atoms with Crippen LogP contribution >= 0.6 is 0 Å². The first-order chi connectivity index (χ1) is 14.2. The van der Waals surface area contributed by atoms with Crippen LogP contribution < -0.4 is 9.47 Å². The number of esters is 2. The highest BCUT2D eigenvalue weighted by molar-refractivity contribution is 6.07. The van der Waals surface area contributed by atoms with Gasteiger partial charge in [-0.3, -0.25) is 4.98 Å². The molecule has 0 saturated carbocycles. The van der Waals surface area contributed by atoms with Gasteiger partial charge in [-0.05, 0) is 43.9 Å². The van der Waals surface area contributed by atoms with E-state index in [2.05, 4.69) is 18.8 Å². The van der Waals surface area contributed by atoms with Crippen molar-refractivity contribution in [2.24, 2.45) is 5.92 Å². The number of nitrogens with zero attached hydrogens (tertiary/aromatic N) is 1. The van der Waals surface area contributed by atoms with Crippen LogP contribution in [0.2, 0.25) is 0 Å². The predicted octanol–water partition coefficient (Wildman–Crippen LogP) is 4.37. The van der Waals surface area contributed by atoms with Gasteiger partial charge in [-0.1, -0.05) is 19.9 Å². The summed E-state index contributed by atoms with van der Waals surface area (Å²) in [5.41, 5.74) is 2.32. The smallest absolute Gasteiger partial charge is 0.340 e. The van der Waals surface area contributed by atoms with Crippen LogP contribution in [0.4, 0.5) is 0 Å². The van der Waals surface area contributed by atoms with E-state index in [4.69, 9.17) is 18.9 Å². The molecule has 0 aliphatic rings. The van der Waals surface area contributed by atoms with Gasteiger partial charge in [0.15, 0.2) is 11.5 Å². The van der Waals surface area contributed by atoms with Gasteiger partial charge in [0.05, 0.1) is 50.5 Å². The monoisotopic (exact) mass is 415 g/mol. The Hall–Kier alpha value is -3.09. The fourth-order valence-corrected chi connectivity index (χ4v) is 3.19. The van der Waals surface area contributed by atoms with E-state index in [0.717, 1.165) is 6.42 Å². The molecular formula is C23H29NO6. The summed E-state index contributed by atoms with van der Waals surface area (Å²) >= 11 is 0. The normalized spacial score (nSPS) is 10.7. The first-order valence-electron chi connectivity index (χ1n) is 9.74. The van der Waals surface area contributed by atoms with Crippen LogP contribution in [0.3, 0.4) is 0 Å². The van der Waals surface area contributed by atoms with E-state index in [9.17, 15) is 9.59 Å². The van der Waals surface area contributed by atoms with Gasteiger partial charge in [0, 0.05) is 5.56 Å². The van der Waals surface area contributed by atoms with Gasteiger partial charge in [0.25, 0.3) is 0 Å². The van der Waals surface area contributed by atoms with E-state index < -0.39 is 11.9 Å². The topological polar surface area (TPSA) is 84.0 Å². The third-order valence-electron chi connectivity index (χ3n) is 4.74. The second-order valence-electron chi connectivity index (χ2n) is 7.29. The lowest BCUT2D eigenvalue weighted by Gasteiger charge is -2.18. The predicted molar refractivity (Wildman–Crippen MR) is 113 cm³/mol. The number of benzene rings is 1. The van der Waals surface area contributed by atoms with Crippen molar-refractivity contribution in [3.05, 3.63) is 40.7 Å². The Bertz CT molecular complexity index is 896. The maximum absolute atomic E-state index is 12.6. The minimum Gasteiger partial charge on any atom is -0.493 e. The van der Waals surface area contributed by atoms with Gasteiger partial charge in [-0.15, -0.1) is 0 Å². The number of ether oxygens (including phenoxy) is 4. The van der Waals surface area contributed by atoms with Gasteiger partial charge < -0.3 is 18.9 Å². The zero-order valence-electron chi connectivity index (χ0n) is 18.6. The third kappa shape index (κ3) is 4.90. The highest BCUT2D eigenvalue weighted by atomic mass is 16.5. The Balaban J connectivity index is 2.69. The molecule has 1 aromatic heterocycles. The van der Waals surface area contributed by atoms with Crippen LogP contribution in [0.15, 0.2) is 18.2 Å². The van der Waals surface area contributed by atoms with Crippen molar-refractivity contribution in [3.8, 4) is 22.6 Å². The Morgan fingerprint density at radius 3 is 1.97 bits per heavy atom. The van der Waals surface area contributed by atoms with Crippen LogP contribution in [0.25, 0.3) is 11.1 Å². The number of aryl methyl sites for hydroxylation is 2. The van der Waals surface area contributed by atoms with E-state index in [1.807, 2.05) is 0 Å². The fourth-order valence-electron chi connectivity index (χ4n) is 3.19. The molecule has 7 heteroatoms. The highest BCUT2D eigenvalue weighted by Crippen LogP contribution is 2.37. The molecule has 1 heterocycles. The van der Waals surface area contributed by atoms with Crippen molar-refractivity contribution < 1.29 is 28.5 Å². The van der Waals surface area contributed by atoms with Crippen LogP contribution in [-0.4, -0.2) is 44.9 Å². The number of carbonyl (C=O) groups is 2. The first-order valence-corrected chi connectivity index (χ1v) is 9.74. The number of hydrogen-bond acceptors (Lipinski definition) is 7. The fraction of sp³-hybridized carbons (Fsp3) is 0.435. The standard InChI is InChI=1S/C23H29NO6/c1-13(2)10-11-30-17-9-8-16(12-18(17)27-5)21-19(22(25)28-6)14(3)24-15(4)20(21)23(26)29-7/h8-9,12-13H,10-11H2,1-7H3. The van der Waals surface area contributed by atoms with Gasteiger partial charge in [-0.25, -0.2) is 9.59 Å². The summed E-state index contributed by atoms with van der Waals surface area (Å²) in [4.78, 5) is 29.5. The molecule has 0 fully saturated rings. The van der Waals surface area contributed by atoms with Crippen molar-refractivity contribution >= 4 is 11.9 Å². The molecule has 0 atom stereocenters. The van der Waals surface area contributed by atoms with E-state index in [1.54, 1.807) is 39.2 Å². The van der Waals surface area contributed by atoms with Gasteiger partial charge in [0.2, 0.25) is 0 Å². The maximum atomic E-state index is 12.6. The van der Waals surface area contributed by atoms with Crippen LogP contribution in [0.1, 0.15) is 52.4 Å². The van der Waals surface area contributed by atoms with Crippen molar-refractivity contribution in [3.63, 3.8) is 0 Å². The Kier molecular flexibility index (Phi) is 7.80. The largest absolute Gasteiger partial charge is 0.493 e. The SMILES string of the molecule is COC(=O)c1c(C)nc(C)c(C(=O)OC)c1-c1ccc(OCCC(C)C)c(OC)c1. The summed E-state index contributed by atoms with van der Waals surface area (Å²) in [5.74, 6) is 0.426. The first kappa shape index (κ1) is 23.2. The zero-order valence-corrected chi connectivity index (χ0v) is 18.6. The zero-order chi connectivity index (χ0) is 22.4. The second-order valence-corrected chi connectivity index (χ2v) is 7.29. The number of hydrogen-bond donors (Lipinski definition) is 0. The van der Waals surface area contributed by atoms with Crippen molar-refractivity contribution in [2.45, 2.75) is 34.1 Å². The summed E-state index contributed by atoms with van der Waals surface area (Å²) in [6, 6.07) is 5.28. The minimum atomic E-state index is -0.587. The molecular weight excluding hydrogens is 386 g/mol. The van der Waals surface area contributed by atoms with E-state index >= 15 is 0 Å². The summed E-state index contributed by atoms with van der Waals surface area (Å²) in [7, 11) is 4.12. The highest BCUT2D eigenvalue weighted by Gasteiger charge is 2.27. The molecule has 0 amide bonds. The molecule has 0 bridgehead atoms. The molecule has 2 aromatic rings. The van der Waals surface area contributed by atoms with Crippen molar-refractivity contribution in [1.82, 2.24) is 4.98 Å². The molecule has 162 valence electrons. The summed E-state index contributed by atoms with van der Waals surface area (Å²) in [6.07, 6.45) is 0.909. The number of rotatable bonds is 8. The molecule has 1 aromatic carbocycles. The third-order valence-corrected chi connectivity index (χ3v) is 4.74. The lowest BCUT2D eigenvalue weighted by Crippen LogP contribution is -2.16. The molecule has 30 heavy (non-hydrogen) atoms. The van der Waals surface area contributed by atoms with Crippen molar-refractivity contribution in [2.75, 3.05) is 27.9 Å². The molecule has 0 radical (unpaired) electrons. The van der Waals surface area contributed by atoms with Crippen LogP contribution in [0, 0.1) is 19.8 Å². The molecule has 0 unspecified atom stereocenters. The number of pyridine rings is 1. The van der Waals surface area contributed by atoms with Gasteiger partial charge >= 0.3 is 11.9 Å². The summed E-state index contributed by atoms with van der Waals surface area (Å²) in [6.45, 7) is 8.21. The van der Waals surface area contributed by atoms with E-state index in [-0.39, 0.29) is 11.1 Å². The van der Waals surface area contributed by atoms with Crippen LogP contribution in [0.5, 0.6) is 11.5 Å². The molecule has 2 rings (SSSR count). The maximum Gasteiger partial charge on any atom is 0.340 e. The average molecular weight is 415 g/mol. The van der Waals surface area contributed by atoms with Crippen LogP contribution in [-0.2, 0) is 9.47 Å². The van der Waals surface area contributed by atoms with Crippen molar-refractivity contribution in [1.29, 1.82) is 0 Å².